The molecule has 0 aliphatic rings. The zero-order valence-electron chi connectivity index (χ0n) is 9.51. The molecule has 2 aromatic carbocycles. The van der Waals surface area contributed by atoms with Crippen LogP contribution in [0.25, 0.3) is 0 Å². The summed E-state index contributed by atoms with van der Waals surface area (Å²) in [5.74, 6) is 0. The molecule has 0 aliphatic heterocycles. The molecule has 1 atom stereocenters. The number of aliphatic hydroxyl groups excluding tert-OH is 1. The number of nitrogens with one attached hydrogen (secondary N) is 1. The van der Waals surface area contributed by atoms with Crippen LogP contribution in [-0.4, -0.2) is 11.7 Å². The van der Waals surface area contributed by atoms with Gasteiger partial charge in [0.25, 0.3) is 0 Å². The standard InChI is InChI=1S/C14H16N2O/c15-12-6-8-13(9-7-12)16-10-14(17)11-4-2-1-3-5-11/h1-9,14,16-17H,10,15H2/t14-/m1/s1. The predicted octanol–water partition coefficient (Wildman–Crippen LogP) is 2.41. The molecule has 2 aromatic rings. The topological polar surface area (TPSA) is 58.3 Å². The van der Waals surface area contributed by atoms with Crippen molar-refractivity contribution < 1.29 is 5.11 Å². The van der Waals surface area contributed by atoms with E-state index >= 15 is 0 Å². The number of nitrogen functional groups attached to an aromatic ring is 1. The van der Waals surface area contributed by atoms with Crippen LogP contribution in [0.15, 0.2) is 54.6 Å². The van der Waals surface area contributed by atoms with Gasteiger partial charge in [0.05, 0.1) is 6.10 Å². The third-order valence-corrected chi connectivity index (χ3v) is 2.59. The highest BCUT2D eigenvalue weighted by Crippen LogP contribution is 2.15. The molecule has 0 saturated heterocycles. The summed E-state index contributed by atoms with van der Waals surface area (Å²) in [6.07, 6.45) is -0.506. The lowest BCUT2D eigenvalue weighted by molar-refractivity contribution is 0.191. The molecule has 0 aliphatic carbocycles. The van der Waals surface area contributed by atoms with Crippen molar-refractivity contribution in [1.29, 1.82) is 0 Å². The number of anilines is 2. The molecular weight excluding hydrogens is 212 g/mol. The van der Waals surface area contributed by atoms with Crippen LogP contribution in [0.2, 0.25) is 0 Å². The van der Waals surface area contributed by atoms with Crippen LogP contribution in [0, 0.1) is 0 Å². The minimum Gasteiger partial charge on any atom is -0.399 e. The zero-order valence-corrected chi connectivity index (χ0v) is 9.51. The molecule has 3 heteroatoms. The Bertz CT molecular complexity index is 453. The van der Waals surface area contributed by atoms with Crippen LogP contribution in [0.3, 0.4) is 0 Å². The first-order chi connectivity index (χ1) is 8.25. The summed E-state index contributed by atoms with van der Waals surface area (Å²) in [5, 5.41) is 13.1. The molecule has 2 rings (SSSR count). The Morgan fingerprint density at radius 3 is 2.29 bits per heavy atom. The largest absolute Gasteiger partial charge is 0.399 e. The maximum Gasteiger partial charge on any atom is 0.0962 e. The number of rotatable bonds is 4. The quantitative estimate of drug-likeness (QED) is 0.704. The third-order valence-electron chi connectivity index (χ3n) is 2.59. The molecule has 3 nitrogen and oxygen atoms in total. The molecule has 0 amide bonds. The Morgan fingerprint density at radius 1 is 1.00 bits per heavy atom. The summed E-state index contributed by atoms with van der Waals surface area (Å²) in [4.78, 5) is 0. The van der Waals surface area contributed by atoms with Gasteiger partial charge < -0.3 is 16.2 Å². The molecule has 0 bridgehead atoms. The highest BCUT2D eigenvalue weighted by molar-refractivity contribution is 5.51. The Labute approximate surface area is 101 Å². The van der Waals surface area contributed by atoms with Crippen LogP contribution in [0.4, 0.5) is 11.4 Å². The lowest BCUT2D eigenvalue weighted by Crippen LogP contribution is -2.11. The van der Waals surface area contributed by atoms with Gasteiger partial charge in [-0.1, -0.05) is 30.3 Å². The summed E-state index contributed by atoms with van der Waals surface area (Å²) in [7, 11) is 0. The van der Waals surface area contributed by atoms with Crippen molar-refractivity contribution in [2.24, 2.45) is 0 Å². The van der Waals surface area contributed by atoms with Gasteiger partial charge >= 0.3 is 0 Å². The second-order valence-corrected chi connectivity index (χ2v) is 3.93. The van der Waals surface area contributed by atoms with Crippen LogP contribution in [-0.2, 0) is 0 Å². The molecule has 0 spiro atoms. The lowest BCUT2D eigenvalue weighted by Gasteiger charge is -2.13. The van der Waals surface area contributed by atoms with E-state index in [-0.39, 0.29) is 0 Å². The zero-order chi connectivity index (χ0) is 12.1. The summed E-state index contributed by atoms with van der Waals surface area (Å²) in [6.45, 7) is 0.480. The van der Waals surface area contributed by atoms with E-state index in [0.29, 0.717) is 6.54 Å². The first-order valence-electron chi connectivity index (χ1n) is 5.58. The second-order valence-electron chi connectivity index (χ2n) is 3.93. The Balaban J connectivity index is 1.92. The van der Waals surface area contributed by atoms with Gasteiger partial charge in [-0.15, -0.1) is 0 Å². The SMILES string of the molecule is Nc1ccc(NC[C@@H](O)c2ccccc2)cc1. The minimum atomic E-state index is -0.506. The average molecular weight is 228 g/mol. The average Bonchev–Trinajstić information content (AvgIpc) is 2.39. The lowest BCUT2D eigenvalue weighted by atomic mass is 10.1. The van der Waals surface area contributed by atoms with E-state index in [1.807, 2.05) is 54.6 Å². The highest BCUT2D eigenvalue weighted by Gasteiger charge is 2.05. The van der Waals surface area contributed by atoms with E-state index < -0.39 is 6.10 Å². The monoisotopic (exact) mass is 228 g/mol. The van der Waals surface area contributed by atoms with E-state index in [1.54, 1.807) is 0 Å². The van der Waals surface area contributed by atoms with Gasteiger partial charge in [-0.05, 0) is 29.8 Å². The van der Waals surface area contributed by atoms with E-state index in [0.717, 1.165) is 16.9 Å². The fraction of sp³-hybridized carbons (Fsp3) is 0.143. The summed E-state index contributed by atoms with van der Waals surface area (Å²) < 4.78 is 0. The first kappa shape index (κ1) is 11.5. The molecule has 88 valence electrons. The normalized spacial score (nSPS) is 12.1. The first-order valence-corrected chi connectivity index (χ1v) is 5.58. The van der Waals surface area contributed by atoms with Crippen molar-refractivity contribution in [3.8, 4) is 0 Å². The molecule has 17 heavy (non-hydrogen) atoms. The molecule has 0 saturated carbocycles. The van der Waals surface area contributed by atoms with E-state index in [9.17, 15) is 5.11 Å². The van der Waals surface area contributed by atoms with Gasteiger partial charge in [-0.25, -0.2) is 0 Å². The van der Waals surface area contributed by atoms with Crippen molar-refractivity contribution in [2.75, 3.05) is 17.6 Å². The van der Waals surface area contributed by atoms with Crippen molar-refractivity contribution in [1.82, 2.24) is 0 Å². The van der Waals surface area contributed by atoms with Crippen LogP contribution < -0.4 is 11.1 Å². The number of nitrogens with two attached hydrogens (primary N) is 1. The van der Waals surface area contributed by atoms with Crippen LogP contribution in [0.1, 0.15) is 11.7 Å². The summed E-state index contributed by atoms with van der Waals surface area (Å²) in [5.41, 5.74) is 8.20. The molecule has 4 N–H and O–H groups in total. The van der Waals surface area contributed by atoms with Gasteiger partial charge in [0.1, 0.15) is 0 Å². The van der Waals surface area contributed by atoms with Crippen molar-refractivity contribution in [3.05, 3.63) is 60.2 Å². The predicted molar refractivity (Wildman–Crippen MR) is 70.7 cm³/mol. The van der Waals surface area contributed by atoms with Gasteiger partial charge in [0.15, 0.2) is 0 Å². The molecule has 0 heterocycles. The highest BCUT2D eigenvalue weighted by atomic mass is 16.3. The van der Waals surface area contributed by atoms with Gasteiger partial charge in [-0.2, -0.15) is 0 Å². The van der Waals surface area contributed by atoms with Crippen LogP contribution in [0.5, 0.6) is 0 Å². The van der Waals surface area contributed by atoms with E-state index in [1.165, 1.54) is 0 Å². The maximum absolute atomic E-state index is 9.95. The van der Waals surface area contributed by atoms with E-state index in [4.69, 9.17) is 5.73 Å². The van der Waals surface area contributed by atoms with Gasteiger partial charge in [0.2, 0.25) is 0 Å². The smallest absolute Gasteiger partial charge is 0.0962 e. The van der Waals surface area contributed by atoms with Crippen molar-refractivity contribution in [2.45, 2.75) is 6.10 Å². The second kappa shape index (κ2) is 5.37. The van der Waals surface area contributed by atoms with E-state index in [2.05, 4.69) is 5.32 Å². The molecular formula is C14H16N2O. The van der Waals surface area contributed by atoms with Crippen molar-refractivity contribution in [3.63, 3.8) is 0 Å². The molecule has 0 unspecified atom stereocenters. The molecule has 0 aromatic heterocycles. The third kappa shape index (κ3) is 3.23. The Hall–Kier alpha value is -2.00. The Kier molecular flexibility index (Phi) is 3.62. The van der Waals surface area contributed by atoms with Gasteiger partial charge in [0, 0.05) is 17.9 Å². The van der Waals surface area contributed by atoms with Crippen LogP contribution >= 0.6 is 0 Å². The fourth-order valence-corrected chi connectivity index (χ4v) is 1.61. The molecule has 0 fully saturated rings. The number of benzene rings is 2. The fourth-order valence-electron chi connectivity index (χ4n) is 1.61. The maximum atomic E-state index is 9.95. The number of hydrogen-bond donors (Lipinski definition) is 3. The van der Waals surface area contributed by atoms with Crippen molar-refractivity contribution >= 4 is 11.4 Å². The number of aliphatic hydroxyl groups is 1. The minimum absolute atomic E-state index is 0.480. The summed E-state index contributed by atoms with van der Waals surface area (Å²) in [6, 6.07) is 17.0. The summed E-state index contributed by atoms with van der Waals surface area (Å²) >= 11 is 0. The van der Waals surface area contributed by atoms with Gasteiger partial charge in [-0.3, -0.25) is 0 Å². The Morgan fingerprint density at radius 2 is 1.65 bits per heavy atom. The molecule has 0 radical (unpaired) electrons. The number of hydrogen-bond acceptors (Lipinski definition) is 3.